The maximum absolute atomic E-state index is 12.0. The van der Waals surface area contributed by atoms with Gasteiger partial charge in [0.1, 0.15) is 5.02 Å². The molecule has 1 unspecified atom stereocenters. The first-order valence-corrected chi connectivity index (χ1v) is 7.78. The average Bonchev–Trinajstić information content (AvgIpc) is 2.97. The zero-order chi connectivity index (χ0) is 14.5. The van der Waals surface area contributed by atoms with Crippen LogP contribution in [0.2, 0.25) is 5.02 Å². The Morgan fingerprint density at radius 2 is 2.35 bits per heavy atom. The number of hydrogen-bond donors (Lipinski definition) is 1. The number of nitrogens with one attached hydrogen (secondary N) is 1. The minimum atomic E-state index is -0.250. The fourth-order valence-corrected chi connectivity index (χ4v) is 2.70. The zero-order valence-electron chi connectivity index (χ0n) is 11.5. The molecule has 0 aromatic carbocycles. The molecule has 2 rings (SSSR count). The number of rotatable bonds is 6. The quantitative estimate of drug-likeness (QED) is 0.891. The van der Waals surface area contributed by atoms with Gasteiger partial charge in [0, 0.05) is 30.6 Å². The van der Waals surface area contributed by atoms with E-state index in [2.05, 4.69) is 22.3 Å². The van der Waals surface area contributed by atoms with Crippen LogP contribution in [0, 0.1) is 0 Å². The number of anilines is 1. The Balaban J connectivity index is 2.07. The SMILES string of the molecule is CCCn1ncc(NCC(C)c2nccs2)c(Cl)c1=O. The summed E-state index contributed by atoms with van der Waals surface area (Å²) < 4.78 is 1.39. The van der Waals surface area contributed by atoms with Crippen LogP contribution in [0.5, 0.6) is 0 Å². The molecule has 2 heterocycles. The number of halogens is 1. The van der Waals surface area contributed by atoms with Crippen LogP contribution in [0.3, 0.4) is 0 Å². The van der Waals surface area contributed by atoms with Crippen LogP contribution in [-0.2, 0) is 6.54 Å². The van der Waals surface area contributed by atoms with Crippen LogP contribution in [0.25, 0.3) is 0 Å². The molecule has 5 nitrogen and oxygen atoms in total. The van der Waals surface area contributed by atoms with Crippen molar-refractivity contribution in [3.05, 3.63) is 38.2 Å². The molecule has 0 aliphatic heterocycles. The molecule has 0 spiro atoms. The first-order chi connectivity index (χ1) is 9.63. The molecule has 2 aromatic rings. The van der Waals surface area contributed by atoms with Gasteiger partial charge in [0.25, 0.3) is 5.56 Å². The average molecular weight is 313 g/mol. The van der Waals surface area contributed by atoms with Crippen LogP contribution >= 0.6 is 22.9 Å². The maximum Gasteiger partial charge on any atom is 0.287 e. The molecule has 0 saturated carbocycles. The molecule has 0 fully saturated rings. The minimum Gasteiger partial charge on any atom is -0.382 e. The maximum atomic E-state index is 12.0. The van der Waals surface area contributed by atoms with Gasteiger partial charge in [-0.05, 0) is 6.42 Å². The van der Waals surface area contributed by atoms with Crippen molar-refractivity contribution in [1.29, 1.82) is 0 Å². The van der Waals surface area contributed by atoms with Gasteiger partial charge in [-0.2, -0.15) is 5.10 Å². The van der Waals surface area contributed by atoms with Crippen molar-refractivity contribution in [3.63, 3.8) is 0 Å². The van der Waals surface area contributed by atoms with Gasteiger partial charge in [0.2, 0.25) is 0 Å². The Morgan fingerprint density at radius 3 is 3.00 bits per heavy atom. The van der Waals surface area contributed by atoms with E-state index in [1.165, 1.54) is 4.68 Å². The Bertz CT molecular complexity index is 611. The highest BCUT2D eigenvalue weighted by Gasteiger charge is 2.12. The molecule has 7 heteroatoms. The Labute approximate surface area is 126 Å². The highest BCUT2D eigenvalue weighted by atomic mass is 35.5. The lowest BCUT2D eigenvalue weighted by Gasteiger charge is -2.13. The summed E-state index contributed by atoms with van der Waals surface area (Å²) in [6.07, 6.45) is 4.24. The van der Waals surface area contributed by atoms with E-state index in [1.807, 2.05) is 12.3 Å². The van der Waals surface area contributed by atoms with E-state index >= 15 is 0 Å². The van der Waals surface area contributed by atoms with Crippen molar-refractivity contribution >= 4 is 28.6 Å². The van der Waals surface area contributed by atoms with Crippen LogP contribution in [0.4, 0.5) is 5.69 Å². The van der Waals surface area contributed by atoms with Gasteiger partial charge in [-0.25, -0.2) is 9.67 Å². The molecule has 1 N–H and O–H groups in total. The highest BCUT2D eigenvalue weighted by Crippen LogP contribution is 2.20. The largest absolute Gasteiger partial charge is 0.382 e. The summed E-state index contributed by atoms with van der Waals surface area (Å²) in [6, 6.07) is 0. The molecule has 0 bridgehead atoms. The third-order valence-corrected chi connectivity index (χ3v) is 4.26. The summed E-state index contributed by atoms with van der Waals surface area (Å²) in [5.74, 6) is 0.254. The van der Waals surface area contributed by atoms with E-state index in [-0.39, 0.29) is 16.5 Å². The molecule has 0 aliphatic carbocycles. The molecule has 108 valence electrons. The molecule has 0 amide bonds. The van der Waals surface area contributed by atoms with Gasteiger partial charge in [-0.15, -0.1) is 11.3 Å². The summed E-state index contributed by atoms with van der Waals surface area (Å²) in [4.78, 5) is 16.2. The van der Waals surface area contributed by atoms with Crippen LogP contribution < -0.4 is 10.9 Å². The fourth-order valence-electron chi connectivity index (χ4n) is 1.79. The third kappa shape index (κ3) is 3.37. The summed E-state index contributed by atoms with van der Waals surface area (Å²) in [7, 11) is 0. The monoisotopic (exact) mass is 312 g/mol. The van der Waals surface area contributed by atoms with Gasteiger partial charge in [0.15, 0.2) is 0 Å². The van der Waals surface area contributed by atoms with Crippen LogP contribution in [0.1, 0.15) is 31.2 Å². The lowest BCUT2D eigenvalue weighted by Crippen LogP contribution is -2.24. The van der Waals surface area contributed by atoms with Gasteiger partial charge in [-0.3, -0.25) is 4.79 Å². The van der Waals surface area contributed by atoms with Gasteiger partial charge in [-0.1, -0.05) is 25.4 Å². The summed E-state index contributed by atoms with van der Waals surface area (Å²) in [5.41, 5.74) is 0.327. The summed E-state index contributed by atoms with van der Waals surface area (Å²) in [6.45, 7) is 5.30. The summed E-state index contributed by atoms with van der Waals surface area (Å²) >= 11 is 7.71. The van der Waals surface area contributed by atoms with Crippen molar-refractivity contribution in [2.75, 3.05) is 11.9 Å². The molecule has 0 aliphatic rings. The molecular weight excluding hydrogens is 296 g/mol. The minimum absolute atomic E-state index is 0.194. The predicted octanol–water partition coefficient (Wildman–Crippen LogP) is 2.98. The number of thiazole rings is 1. The van der Waals surface area contributed by atoms with E-state index < -0.39 is 0 Å². The van der Waals surface area contributed by atoms with Gasteiger partial charge < -0.3 is 5.32 Å². The van der Waals surface area contributed by atoms with Gasteiger partial charge >= 0.3 is 0 Å². The molecular formula is C13H17ClN4OS. The number of aromatic nitrogens is 3. The third-order valence-electron chi connectivity index (χ3n) is 2.89. The first kappa shape index (κ1) is 15.0. The van der Waals surface area contributed by atoms with Crippen LogP contribution in [-0.4, -0.2) is 21.3 Å². The Morgan fingerprint density at radius 1 is 1.55 bits per heavy atom. The van der Waals surface area contributed by atoms with Crippen molar-refractivity contribution < 1.29 is 0 Å². The second-order valence-corrected chi connectivity index (χ2v) is 5.86. The molecule has 1 atom stereocenters. The predicted molar refractivity (Wildman–Crippen MR) is 82.8 cm³/mol. The molecule has 0 saturated heterocycles. The molecule has 0 radical (unpaired) electrons. The van der Waals surface area contributed by atoms with Gasteiger partial charge in [0.05, 0.1) is 16.9 Å². The van der Waals surface area contributed by atoms with E-state index in [4.69, 9.17) is 11.6 Å². The highest BCUT2D eigenvalue weighted by molar-refractivity contribution is 7.09. The topological polar surface area (TPSA) is 59.8 Å². The first-order valence-electron chi connectivity index (χ1n) is 6.52. The van der Waals surface area contributed by atoms with Crippen molar-refractivity contribution in [2.45, 2.75) is 32.7 Å². The number of nitrogens with zero attached hydrogens (tertiary/aromatic N) is 3. The standard InChI is InChI=1S/C13H17ClN4OS/c1-3-5-18-13(19)11(14)10(8-17-18)16-7-9(2)12-15-4-6-20-12/h4,6,8-9,16H,3,5,7H2,1-2H3. The lowest BCUT2D eigenvalue weighted by atomic mass is 10.2. The lowest BCUT2D eigenvalue weighted by molar-refractivity contribution is 0.568. The number of hydrogen-bond acceptors (Lipinski definition) is 5. The second-order valence-electron chi connectivity index (χ2n) is 4.55. The van der Waals surface area contributed by atoms with E-state index in [9.17, 15) is 4.79 Å². The Kier molecular flexibility index (Phi) is 5.14. The van der Waals surface area contributed by atoms with Crippen molar-refractivity contribution in [1.82, 2.24) is 14.8 Å². The van der Waals surface area contributed by atoms with Crippen molar-refractivity contribution in [3.8, 4) is 0 Å². The Hall–Kier alpha value is -1.40. The summed E-state index contributed by atoms with van der Waals surface area (Å²) in [5, 5.41) is 10.5. The molecule has 2 aromatic heterocycles. The van der Waals surface area contributed by atoms with Crippen LogP contribution in [0.15, 0.2) is 22.6 Å². The second kappa shape index (κ2) is 6.85. The number of aryl methyl sites for hydroxylation is 1. The normalized spacial score (nSPS) is 12.3. The fraction of sp³-hybridized carbons (Fsp3) is 0.462. The molecule has 20 heavy (non-hydrogen) atoms. The zero-order valence-corrected chi connectivity index (χ0v) is 13.0. The smallest absolute Gasteiger partial charge is 0.287 e. The van der Waals surface area contributed by atoms with E-state index in [1.54, 1.807) is 23.7 Å². The van der Waals surface area contributed by atoms with E-state index in [0.29, 0.717) is 18.8 Å². The van der Waals surface area contributed by atoms with Crippen molar-refractivity contribution in [2.24, 2.45) is 0 Å². The van der Waals surface area contributed by atoms with E-state index in [0.717, 1.165) is 11.4 Å².